The molecule has 24 heavy (non-hydrogen) atoms. The Labute approximate surface area is 146 Å². The van der Waals surface area contributed by atoms with Crippen LogP contribution in [0.2, 0.25) is 5.02 Å². The number of aromatic nitrogens is 1. The fourth-order valence-corrected chi connectivity index (χ4v) is 3.43. The maximum atomic E-state index is 11.2. The summed E-state index contributed by atoms with van der Waals surface area (Å²) in [7, 11) is 0. The van der Waals surface area contributed by atoms with Crippen molar-refractivity contribution >= 4 is 23.3 Å². The summed E-state index contributed by atoms with van der Waals surface area (Å²) in [6.45, 7) is 1.52. The van der Waals surface area contributed by atoms with Gasteiger partial charge in [0, 0.05) is 19.3 Å². The van der Waals surface area contributed by atoms with E-state index < -0.39 is 12.0 Å². The molecule has 1 amide bonds. The van der Waals surface area contributed by atoms with Gasteiger partial charge in [-0.15, -0.1) is 0 Å². The topological polar surface area (TPSA) is 79.5 Å². The smallest absolute Gasteiger partial charge is 0.250 e. The Kier molecular flexibility index (Phi) is 5.02. The maximum Gasteiger partial charge on any atom is 0.250 e. The molecule has 1 aliphatic heterocycles. The zero-order chi connectivity index (χ0) is 17.1. The van der Waals surface area contributed by atoms with Crippen LogP contribution in [0, 0.1) is 5.92 Å². The van der Waals surface area contributed by atoms with E-state index in [0.29, 0.717) is 16.4 Å². The Morgan fingerprint density at radius 1 is 1.29 bits per heavy atom. The lowest BCUT2D eigenvalue weighted by atomic mass is 9.87. The molecule has 3 N–H and O–H groups in total. The van der Waals surface area contributed by atoms with Crippen molar-refractivity contribution in [3.63, 3.8) is 0 Å². The quantitative estimate of drug-likeness (QED) is 0.893. The van der Waals surface area contributed by atoms with Gasteiger partial charge in [-0.1, -0.05) is 41.9 Å². The lowest BCUT2D eigenvalue weighted by Gasteiger charge is -2.35. The number of carbonyl (C=O) groups is 1. The molecule has 0 bridgehead atoms. The van der Waals surface area contributed by atoms with Gasteiger partial charge in [0.05, 0.1) is 16.7 Å². The number of nitrogens with zero attached hydrogens (tertiary/aromatic N) is 2. The average molecular weight is 346 g/mol. The summed E-state index contributed by atoms with van der Waals surface area (Å²) in [5, 5.41) is 11.0. The van der Waals surface area contributed by atoms with Crippen LogP contribution in [0.3, 0.4) is 0 Å². The van der Waals surface area contributed by atoms with Gasteiger partial charge < -0.3 is 15.7 Å². The minimum Gasteiger partial charge on any atom is -0.388 e. The Bertz CT molecular complexity index is 715. The number of primary amides is 1. The third-order valence-electron chi connectivity index (χ3n) is 4.53. The van der Waals surface area contributed by atoms with E-state index >= 15 is 0 Å². The molecular weight excluding hydrogens is 326 g/mol. The molecule has 5 nitrogen and oxygen atoms in total. The van der Waals surface area contributed by atoms with Crippen LogP contribution in [0.5, 0.6) is 0 Å². The van der Waals surface area contributed by atoms with Gasteiger partial charge in [-0.2, -0.15) is 0 Å². The third kappa shape index (κ3) is 3.52. The normalized spacial score (nSPS) is 16.8. The molecule has 1 atom stereocenters. The van der Waals surface area contributed by atoms with Crippen LogP contribution >= 0.6 is 11.6 Å². The first kappa shape index (κ1) is 16.7. The number of amides is 1. The summed E-state index contributed by atoms with van der Waals surface area (Å²) in [4.78, 5) is 17.5. The van der Waals surface area contributed by atoms with E-state index in [0.717, 1.165) is 31.5 Å². The number of hydrogen-bond acceptors (Lipinski definition) is 4. The second-order valence-electron chi connectivity index (χ2n) is 6.07. The standard InChI is InChI=1S/C18H20ClN3O2/c19-15-10-14(17(20)24)11-21-18(15)22-8-6-13(7-9-22)16(23)12-4-2-1-3-5-12/h1-5,10-11,13,16,23H,6-9H2,(H2,20,24)/t16-/m1/s1. The Morgan fingerprint density at radius 3 is 2.54 bits per heavy atom. The van der Waals surface area contributed by atoms with Crippen molar-refractivity contribution in [3.8, 4) is 0 Å². The number of aliphatic hydroxyl groups is 1. The van der Waals surface area contributed by atoms with Gasteiger partial charge in [0.15, 0.2) is 0 Å². The van der Waals surface area contributed by atoms with Crippen molar-refractivity contribution in [3.05, 3.63) is 58.7 Å². The van der Waals surface area contributed by atoms with Crippen molar-refractivity contribution < 1.29 is 9.90 Å². The first-order chi connectivity index (χ1) is 11.6. The zero-order valence-corrected chi connectivity index (χ0v) is 14.0. The minimum atomic E-state index is -0.541. The number of carbonyl (C=O) groups excluding carboxylic acids is 1. The highest BCUT2D eigenvalue weighted by Gasteiger charge is 2.27. The molecule has 1 aromatic heterocycles. The second kappa shape index (κ2) is 7.20. The summed E-state index contributed by atoms with van der Waals surface area (Å²) in [6.07, 6.45) is 2.71. The highest BCUT2D eigenvalue weighted by Crippen LogP contribution is 2.33. The van der Waals surface area contributed by atoms with Gasteiger partial charge >= 0.3 is 0 Å². The van der Waals surface area contributed by atoms with Gasteiger partial charge in [-0.25, -0.2) is 4.98 Å². The van der Waals surface area contributed by atoms with E-state index in [9.17, 15) is 9.90 Å². The van der Waals surface area contributed by atoms with E-state index in [2.05, 4.69) is 9.88 Å². The Hall–Kier alpha value is -2.11. The predicted molar refractivity (Wildman–Crippen MR) is 94.1 cm³/mol. The van der Waals surface area contributed by atoms with Crippen molar-refractivity contribution in [1.82, 2.24) is 4.98 Å². The molecule has 2 heterocycles. The largest absolute Gasteiger partial charge is 0.388 e. The summed E-state index contributed by atoms with van der Waals surface area (Å²) >= 11 is 6.24. The highest BCUT2D eigenvalue weighted by molar-refractivity contribution is 6.33. The highest BCUT2D eigenvalue weighted by atomic mass is 35.5. The van der Waals surface area contributed by atoms with Gasteiger partial charge in [0.2, 0.25) is 5.91 Å². The molecule has 0 spiro atoms. The SMILES string of the molecule is NC(=O)c1cnc(N2CCC([C@H](O)c3ccccc3)CC2)c(Cl)c1. The molecule has 6 heteroatoms. The van der Waals surface area contributed by atoms with Crippen LogP contribution in [0.25, 0.3) is 0 Å². The maximum absolute atomic E-state index is 11.2. The Balaban J connectivity index is 1.66. The van der Waals surface area contributed by atoms with E-state index in [1.807, 2.05) is 30.3 Å². The molecule has 1 saturated heterocycles. The Morgan fingerprint density at radius 2 is 1.96 bits per heavy atom. The molecule has 1 fully saturated rings. The average Bonchev–Trinajstić information content (AvgIpc) is 2.62. The number of piperidine rings is 1. The van der Waals surface area contributed by atoms with Crippen molar-refractivity contribution in [2.75, 3.05) is 18.0 Å². The van der Waals surface area contributed by atoms with Crippen LogP contribution < -0.4 is 10.6 Å². The third-order valence-corrected chi connectivity index (χ3v) is 4.81. The van der Waals surface area contributed by atoms with Crippen molar-refractivity contribution in [2.24, 2.45) is 11.7 Å². The number of nitrogens with two attached hydrogens (primary N) is 1. The van der Waals surface area contributed by atoms with E-state index in [1.165, 1.54) is 6.20 Å². The summed E-state index contributed by atoms with van der Waals surface area (Å²) < 4.78 is 0. The molecule has 126 valence electrons. The predicted octanol–water partition coefficient (Wildman–Crippen LogP) is 2.78. The summed E-state index contributed by atoms with van der Waals surface area (Å²) in [5.74, 6) is 0.335. The van der Waals surface area contributed by atoms with Crippen LogP contribution in [-0.4, -0.2) is 29.1 Å². The van der Waals surface area contributed by atoms with Gasteiger partial charge in [-0.05, 0) is 30.4 Å². The van der Waals surface area contributed by atoms with E-state index in [-0.39, 0.29) is 5.92 Å². The molecule has 0 unspecified atom stereocenters. The fraction of sp³-hybridized carbons (Fsp3) is 0.333. The summed E-state index contributed by atoms with van der Waals surface area (Å²) in [6, 6.07) is 11.3. The van der Waals surface area contributed by atoms with E-state index in [4.69, 9.17) is 17.3 Å². The first-order valence-electron chi connectivity index (χ1n) is 7.99. The lowest BCUT2D eigenvalue weighted by Crippen LogP contribution is -2.36. The first-order valence-corrected chi connectivity index (χ1v) is 8.37. The lowest BCUT2D eigenvalue weighted by molar-refractivity contribution is 0.0928. The molecule has 3 rings (SSSR count). The molecule has 1 aromatic carbocycles. The van der Waals surface area contributed by atoms with Crippen molar-refractivity contribution in [2.45, 2.75) is 18.9 Å². The van der Waals surface area contributed by atoms with Gasteiger partial charge in [-0.3, -0.25) is 4.79 Å². The van der Waals surface area contributed by atoms with Gasteiger partial charge in [0.1, 0.15) is 5.82 Å². The van der Waals surface area contributed by atoms with Crippen LogP contribution in [-0.2, 0) is 0 Å². The molecular formula is C18H20ClN3O2. The molecule has 0 radical (unpaired) electrons. The molecule has 2 aromatic rings. The zero-order valence-electron chi connectivity index (χ0n) is 13.2. The van der Waals surface area contributed by atoms with E-state index in [1.54, 1.807) is 6.07 Å². The fourth-order valence-electron chi connectivity index (χ4n) is 3.15. The number of rotatable bonds is 4. The van der Waals surface area contributed by atoms with Crippen molar-refractivity contribution in [1.29, 1.82) is 0 Å². The molecule has 0 aliphatic carbocycles. The number of anilines is 1. The van der Waals surface area contributed by atoms with Crippen LogP contribution in [0.1, 0.15) is 34.9 Å². The molecule has 0 saturated carbocycles. The van der Waals surface area contributed by atoms with Crippen LogP contribution in [0.15, 0.2) is 42.6 Å². The number of hydrogen-bond donors (Lipinski definition) is 2. The number of pyridine rings is 1. The summed E-state index contributed by atoms with van der Waals surface area (Å²) in [5.41, 5.74) is 6.50. The number of halogens is 1. The number of benzene rings is 1. The van der Waals surface area contributed by atoms with Gasteiger partial charge in [0.25, 0.3) is 0 Å². The van der Waals surface area contributed by atoms with Crippen LogP contribution in [0.4, 0.5) is 5.82 Å². The minimum absolute atomic E-state index is 0.215. The number of aliphatic hydroxyl groups excluding tert-OH is 1. The monoisotopic (exact) mass is 345 g/mol. The molecule has 1 aliphatic rings. The second-order valence-corrected chi connectivity index (χ2v) is 6.48.